The summed E-state index contributed by atoms with van der Waals surface area (Å²) in [6.45, 7) is 0. The first-order valence-electron chi connectivity index (χ1n) is 4.72. The minimum atomic E-state index is -0.494. The Morgan fingerprint density at radius 2 is 1.69 bits per heavy atom. The molecule has 0 aliphatic rings. The molecule has 4 heteroatoms. The maximum Gasteiger partial charge on any atom is 0.249 e. The lowest BCUT2D eigenvalue weighted by atomic mass is 10.0. The smallest absolute Gasteiger partial charge is 0.249 e. The number of carbonyl (C=O) groups is 2. The Morgan fingerprint density at radius 3 is 2.31 bits per heavy atom. The van der Waals surface area contributed by atoms with E-state index in [1.165, 1.54) is 0 Å². The van der Waals surface area contributed by atoms with Gasteiger partial charge in [0.2, 0.25) is 11.8 Å². The Bertz CT molecular complexity index is 591. The fraction of sp³-hybridized carbons (Fsp3) is 0. The molecule has 0 bridgehead atoms. The van der Waals surface area contributed by atoms with E-state index < -0.39 is 11.8 Å². The van der Waals surface area contributed by atoms with E-state index in [1.807, 2.05) is 0 Å². The van der Waals surface area contributed by atoms with Gasteiger partial charge >= 0.3 is 0 Å². The summed E-state index contributed by atoms with van der Waals surface area (Å²) in [6.07, 6.45) is 0. The first kappa shape index (κ1) is 10.2. The molecule has 4 N–H and O–H groups in total. The quantitative estimate of drug-likeness (QED) is 0.782. The van der Waals surface area contributed by atoms with Gasteiger partial charge < -0.3 is 11.5 Å². The number of primary amides is 2. The summed E-state index contributed by atoms with van der Waals surface area (Å²) in [6, 6.07) is 10.1. The highest BCUT2D eigenvalue weighted by molar-refractivity contribution is 6.08. The second-order valence-electron chi connectivity index (χ2n) is 3.47. The van der Waals surface area contributed by atoms with Crippen molar-refractivity contribution < 1.29 is 9.59 Å². The molecule has 0 radical (unpaired) electrons. The molecular weight excluding hydrogens is 204 g/mol. The highest BCUT2D eigenvalue weighted by Gasteiger charge is 2.07. The van der Waals surface area contributed by atoms with Crippen LogP contribution in [0.1, 0.15) is 20.7 Å². The van der Waals surface area contributed by atoms with E-state index in [9.17, 15) is 9.59 Å². The van der Waals surface area contributed by atoms with Crippen molar-refractivity contribution in [2.24, 2.45) is 11.5 Å². The minimum Gasteiger partial charge on any atom is -0.366 e. The number of benzene rings is 2. The van der Waals surface area contributed by atoms with Crippen molar-refractivity contribution in [3.8, 4) is 0 Å². The molecule has 0 heterocycles. The first-order chi connectivity index (χ1) is 7.59. The van der Waals surface area contributed by atoms with Crippen LogP contribution in [0.25, 0.3) is 10.8 Å². The largest absolute Gasteiger partial charge is 0.366 e. The van der Waals surface area contributed by atoms with Gasteiger partial charge in [0.05, 0.1) is 0 Å². The van der Waals surface area contributed by atoms with Gasteiger partial charge in [-0.3, -0.25) is 9.59 Å². The Morgan fingerprint density at radius 1 is 0.938 bits per heavy atom. The molecule has 0 aliphatic carbocycles. The molecule has 2 aromatic rings. The van der Waals surface area contributed by atoms with Crippen LogP contribution in [0.15, 0.2) is 36.4 Å². The lowest BCUT2D eigenvalue weighted by Crippen LogP contribution is -2.12. The minimum absolute atomic E-state index is 0.411. The number of rotatable bonds is 2. The van der Waals surface area contributed by atoms with Crippen molar-refractivity contribution in [2.45, 2.75) is 0 Å². The summed E-state index contributed by atoms with van der Waals surface area (Å²) in [7, 11) is 0. The number of hydrogen-bond acceptors (Lipinski definition) is 2. The van der Waals surface area contributed by atoms with Crippen molar-refractivity contribution >= 4 is 22.6 Å². The fourth-order valence-corrected chi connectivity index (χ4v) is 1.65. The number of carbonyl (C=O) groups excluding carboxylic acids is 2. The molecule has 2 amide bonds. The molecule has 2 aromatic carbocycles. The van der Waals surface area contributed by atoms with Crippen LogP contribution in [0.3, 0.4) is 0 Å². The van der Waals surface area contributed by atoms with Gasteiger partial charge in [0.15, 0.2) is 0 Å². The van der Waals surface area contributed by atoms with Crippen molar-refractivity contribution in [1.82, 2.24) is 0 Å². The third-order valence-corrected chi connectivity index (χ3v) is 2.43. The van der Waals surface area contributed by atoms with Crippen LogP contribution in [0.5, 0.6) is 0 Å². The highest BCUT2D eigenvalue weighted by atomic mass is 16.1. The molecule has 0 aromatic heterocycles. The Hall–Kier alpha value is -2.36. The molecule has 0 atom stereocenters. The normalized spacial score (nSPS) is 10.2. The molecule has 0 spiro atoms. The van der Waals surface area contributed by atoms with Gasteiger partial charge in [-0.25, -0.2) is 0 Å². The van der Waals surface area contributed by atoms with Crippen LogP contribution in [0.4, 0.5) is 0 Å². The average molecular weight is 214 g/mol. The predicted octanol–water partition coefficient (Wildman–Crippen LogP) is 1.04. The topological polar surface area (TPSA) is 86.2 Å². The van der Waals surface area contributed by atoms with Gasteiger partial charge in [0.1, 0.15) is 0 Å². The number of nitrogens with two attached hydrogens (primary N) is 2. The Balaban J connectivity index is 2.73. The van der Waals surface area contributed by atoms with Crippen molar-refractivity contribution in [2.75, 3.05) is 0 Å². The summed E-state index contributed by atoms with van der Waals surface area (Å²) in [5.41, 5.74) is 11.3. The fourth-order valence-electron chi connectivity index (χ4n) is 1.65. The van der Waals surface area contributed by atoms with Gasteiger partial charge in [-0.2, -0.15) is 0 Å². The predicted molar refractivity (Wildman–Crippen MR) is 61.0 cm³/mol. The summed E-state index contributed by atoms with van der Waals surface area (Å²) in [4.78, 5) is 22.2. The maximum atomic E-state index is 11.2. The summed E-state index contributed by atoms with van der Waals surface area (Å²) < 4.78 is 0. The van der Waals surface area contributed by atoms with Gasteiger partial charge in [-0.05, 0) is 29.0 Å². The molecule has 0 aliphatic heterocycles. The summed E-state index contributed by atoms with van der Waals surface area (Å²) >= 11 is 0. The van der Waals surface area contributed by atoms with Gasteiger partial charge in [-0.1, -0.05) is 18.2 Å². The SMILES string of the molecule is NC(=O)c1ccc2c(C(N)=O)cccc2c1. The average Bonchev–Trinajstić information content (AvgIpc) is 2.27. The number of amides is 2. The first-order valence-corrected chi connectivity index (χ1v) is 4.72. The third kappa shape index (κ3) is 1.61. The molecule has 2 rings (SSSR count). The molecule has 16 heavy (non-hydrogen) atoms. The van der Waals surface area contributed by atoms with E-state index >= 15 is 0 Å². The van der Waals surface area contributed by atoms with E-state index in [-0.39, 0.29) is 0 Å². The molecule has 0 saturated heterocycles. The Labute approximate surface area is 91.8 Å². The van der Waals surface area contributed by atoms with Crippen LogP contribution in [0, 0.1) is 0 Å². The molecule has 0 unspecified atom stereocenters. The molecule has 80 valence electrons. The van der Waals surface area contributed by atoms with E-state index in [2.05, 4.69) is 0 Å². The highest BCUT2D eigenvalue weighted by Crippen LogP contribution is 2.19. The second-order valence-corrected chi connectivity index (χ2v) is 3.47. The van der Waals surface area contributed by atoms with E-state index in [4.69, 9.17) is 11.5 Å². The standard InChI is InChI=1S/C12H10N2O2/c13-11(15)8-4-5-9-7(6-8)2-1-3-10(9)12(14)16/h1-6H,(H2,13,15)(H2,14,16). The van der Waals surface area contributed by atoms with E-state index in [0.717, 1.165) is 10.8 Å². The number of fused-ring (bicyclic) bond motifs is 1. The third-order valence-electron chi connectivity index (χ3n) is 2.43. The number of hydrogen-bond donors (Lipinski definition) is 2. The van der Waals surface area contributed by atoms with Gasteiger partial charge in [0, 0.05) is 11.1 Å². The van der Waals surface area contributed by atoms with Crippen LogP contribution in [-0.2, 0) is 0 Å². The molecular formula is C12H10N2O2. The van der Waals surface area contributed by atoms with Crippen LogP contribution < -0.4 is 11.5 Å². The van der Waals surface area contributed by atoms with Crippen molar-refractivity contribution in [1.29, 1.82) is 0 Å². The maximum absolute atomic E-state index is 11.2. The zero-order valence-corrected chi connectivity index (χ0v) is 8.44. The lowest BCUT2D eigenvalue weighted by molar-refractivity contribution is 0.0993. The zero-order chi connectivity index (χ0) is 11.7. The summed E-state index contributed by atoms with van der Waals surface area (Å²) in [5.74, 6) is -0.983. The molecule has 4 nitrogen and oxygen atoms in total. The van der Waals surface area contributed by atoms with E-state index in [0.29, 0.717) is 11.1 Å². The van der Waals surface area contributed by atoms with Crippen molar-refractivity contribution in [3.05, 3.63) is 47.5 Å². The molecule has 0 saturated carbocycles. The van der Waals surface area contributed by atoms with E-state index in [1.54, 1.807) is 36.4 Å². The van der Waals surface area contributed by atoms with Crippen molar-refractivity contribution in [3.63, 3.8) is 0 Å². The van der Waals surface area contributed by atoms with Crippen LogP contribution in [-0.4, -0.2) is 11.8 Å². The zero-order valence-electron chi connectivity index (χ0n) is 8.44. The lowest BCUT2D eigenvalue weighted by Gasteiger charge is -2.04. The monoisotopic (exact) mass is 214 g/mol. The van der Waals surface area contributed by atoms with Gasteiger partial charge in [0.25, 0.3) is 0 Å². The summed E-state index contributed by atoms with van der Waals surface area (Å²) in [5, 5.41) is 1.49. The van der Waals surface area contributed by atoms with Crippen LogP contribution in [0.2, 0.25) is 0 Å². The molecule has 0 fully saturated rings. The van der Waals surface area contributed by atoms with Gasteiger partial charge in [-0.15, -0.1) is 0 Å². The van der Waals surface area contributed by atoms with Crippen LogP contribution >= 0.6 is 0 Å². The Kier molecular flexibility index (Phi) is 2.32. The second kappa shape index (κ2) is 3.66.